The van der Waals surface area contributed by atoms with Crippen LogP contribution in [0.15, 0.2) is 0 Å². The summed E-state index contributed by atoms with van der Waals surface area (Å²) in [5.41, 5.74) is -0.439. The first-order chi connectivity index (χ1) is 9.69. The fourth-order valence-corrected chi connectivity index (χ4v) is 2.12. The Labute approximate surface area is 131 Å². The molecule has 0 radical (unpaired) electrons. The predicted octanol–water partition coefficient (Wildman–Crippen LogP) is 3.81. The summed E-state index contributed by atoms with van der Waals surface area (Å²) in [5, 5.41) is 6.43. The second kappa shape index (κ2) is 10.0. The average Bonchev–Trinajstić information content (AvgIpc) is 2.35. The number of hydrogen-bond acceptors (Lipinski definition) is 3. The topological polar surface area (TPSA) is 50.4 Å². The maximum absolute atomic E-state index is 11.7. The summed E-state index contributed by atoms with van der Waals surface area (Å²) in [7, 11) is 0. The van der Waals surface area contributed by atoms with E-state index in [0.717, 1.165) is 19.0 Å². The molecule has 0 aliphatic rings. The van der Waals surface area contributed by atoms with E-state index in [-0.39, 0.29) is 6.09 Å². The standard InChI is InChI=1S/C17H36N2O2/c1-8-14(9-2)10-18-11-15(13(3)4)12-19-16(20)21-17(5,6)7/h13-15,18H,8-12H2,1-7H3,(H,19,20). The lowest BCUT2D eigenvalue weighted by Crippen LogP contribution is -2.40. The molecule has 0 heterocycles. The van der Waals surface area contributed by atoms with Gasteiger partial charge in [0.25, 0.3) is 0 Å². The van der Waals surface area contributed by atoms with Crippen molar-refractivity contribution in [2.75, 3.05) is 19.6 Å². The van der Waals surface area contributed by atoms with Gasteiger partial charge in [-0.1, -0.05) is 40.5 Å². The molecular weight excluding hydrogens is 264 g/mol. The molecule has 2 N–H and O–H groups in total. The summed E-state index contributed by atoms with van der Waals surface area (Å²) < 4.78 is 5.27. The van der Waals surface area contributed by atoms with E-state index in [4.69, 9.17) is 4.74 Å². The number of amides is 1. The van der Waals surface area contributed by atoms with Gasteiger partial charge in [-0.05, 0) is 51.6 Å². The molecule has 0 rings (SSSR count). The monoisotopic (exact) mass is 300 g/mol. The van der Waals surface area contributed by atoms with Crippen LogP contribution < -0.4 is 10.6 Å². The molecule has 0 aromatic carbocycles. The quantitative estimate of drug-likeness (QED) is 0.681. The van der Waals surface area contributed by atoms with Crippen molar-refractivity contribution in [3.63, 3.8) is 0 Å². The third kappa shape index (κ3) is 10.6. The smallest absolute Gasteiger partial charge is 0.407 e. The van der Waals surface area contributed by atoms with Crippen molar-refractivity contribution < 1.29 is 9.53 Å². The molecule has 0 aliphatic carbocycles. The molecule has 0 aromatic heterocycles. The average molecular weight is 300 g/mol. The van der Waals surface area contributed by atoms with Crippen molar-refractivity contribution in [1.82, 2.24) is 10.6 Å². The van der Waals surface area contributed by atoms with Crippen LogP contribution in [0.5, 0.6) is 0 Å². The minimum Gasteiger partial charge on any atom is -0.444 e. The molecule has 0 saturated carbocycles. The van der Waals surface area contributed by atoms with E-state index < -0.39 is 5.60 Å². The van der Waals surface area contributed by atoms with Gasteiger partial charge >= 0.3 is 6.09 Å². The van der Waals surface area contributed by atoms with E-state index in [2.05, 4.69) is 38.3 Å². The van der Waals surface area contributed by atoms with Crippen LogP contribution in [0.4, 0.5) is 4.79 Å². The van der Waals surface area contributed by atoms with E-state index in [1.807, 2.05) is 20.8 Å². The van der Waals surface area contributed by atoms with E-state index in [1.54, 1.807) is 0 Å². The molecular formula is C17H36N2O2. The maximum atomic E-state index is 11.7. The SMILES string of the molecule is CCC(CC)CNCC(CNC(=O)OC(C)(C)C)C(C)C. The molecule has 0 aliphatic heterocycles. The van der Waals surface area contributed by atoms with Gasteiger partial charge in [-0.15, -0.1) is 0 Å². The molecule has 0 bridgehead atoms. The fourth-order valence-electron chi connectivity index (χ4n) is 2.12. The minimum atomic E-state index is -0.439. The van der Waals surface area contributed by atoms with Gasteiger partial charge in [0.15, 0.2) is 0 Å². The molecule has 1 atom stereocenters. The summed E-state index contributed by atoms with van der Waals surface area (Å²) >= 11 is 0. The van der Waals surface area contributed by atoms with Crippen LogP contribution in [0.3, 0.4) is 0 Å². The number of rotatable bonds is 9. The van der Waals surface area contributed by atoms with Crippen LogP contribution in [0.1, 0.15) is 61.3 Å². The number of hydrogen-bond donors (Lipinski definition) is 2. The summed E-state index contributed by atoms with van der Waals surface area (Å²) in [6.07, 6.45) is 2.10. The number of carbonyl (C=O) groups is 1. The number of alkyl carbamates (subject to hydrolysis) is 1. The van der Waals surface area contributed by atoms with Gasteiger partial charge in [0.1, 0.15) is 5.60 Å². The molecule has 0 spiro atoms. The molecule has 1 amide bonds. The lowest BCUT2D eigenvalue weighted by Gasteiger charge is -2.25. The van der Waals surface area contributed by atoms with Gasteiger partial charge in [-0.25, -0.2) is 4.79 Å². The number of ether oxygens (including phenoxy) is 1. The second-order valence-electron chi connectivity index (χ2n) is 7.23. The minimum absolute atomic E-state index is 0.326. The van der Waals surface area contributed by atoms with Crippen molar-refractivity contribution in [2.45, 2.75) is 66.9 Å². The first-order valence-electron chi connectivity index (χ1n) is 8.37. The second-order valence-corrected chi connectivity index (χ2v) is 7.23. The lowest BCUT2D eigenvalue weighted by atomic mass is 9.95. The summed E-state index contributed by atoms with van der Waals surface area (Å²) in [6.45, 7) is 17.1. The van der Waals surface area contributed by atoms with Crippen molar-refractivity contribution in [2.24, 2.45) is 17.8 Å². The third-order valence-corrected chi connectivity index (χ3v) is 3.84. The van der Waals surface area contributed by atoms with Gasteiger partial charge in [0.05, 0.1) is 0 Å². The van der Waals surface area contributed by atoms with Crippen molar-refractivity contribution >= 4 is 6.09 Å². The molecule has 21 heavy (non-hydrogen) atoms. The molecule has 4 heteroatoms. The first-order valence-corrected chi connectivity index (χ1v) is 8.37. The molecule has 0 fully saturated rings. The van der Waals surface area contributed by atoms with E-state index in [9.17, 15) is 4.79 Å². The van der Waals surface area contributed by atoms with Gasteiger partial charge in [0.2, 0.25) is 0 Å². The highest BCUT2D eigenvalue weighted by atomic mass is 16.6. The van der Waals surface area contributed by atoms with Crippen molar-refractivity contribution in [3.05, 3.63) is 0 Å². The highest BCUT2D eigenvalue weighted by Crippen LogP contribution is 2.11. The normalized spacial score (nSPS) is 13.6. The van der Waals surface area contributed by atoms with E-state index in [1.165, 1.54) is 12.8 Å². The Morgan fingerprint density at radius 1 is 1.05 bits per heavy atom. The molecule has 4 nitrogen and oxygen atoms in total. The zero-order valence-electron chi connectivity index (χ0n) is 15.1. The van der Waals surface area contributed by atoms with Gasteiger partial charge in [0, 0.05) is 6.54 Å². The lowest BCUT2D eigenvalue weighted by molar-refractivity contribution is 0.0514. The zero-order valence-corrected chi connectivity index (χ0v) is 15.1. The molecule has 0 saturated heterocycles. The Balaban J connectivity index is 4.11. The van der Waals surface area contributed by atoms with Gasteiger partial charge in [-0.2, -0.15) is 0 Å². The van der Waals surface area contributed by atoms with Gasteiger partial charge < -0.3 is 15.4 Å². The Morgan fingerprint density at radius 2 is 1.62 bits per heavy atom. The van der Waals surface area contributed by atoms with E-state index in [0.29, 0.717) is 18.4 Å². The highest BCUT2D eigenvalue weighted by molar-refractivity contribution is 5.67. The number of nitrogens with one attached hydrogen (secondary N) is 2. The van der Waals surface area contributed by atoms with Crippen LogP contribution in [-0.4, -0.2) is 31.3 Å². The van der Waals surface area contributed by atoms with Crippen molar-refractivity contribution in [1.29, 1.82) is 0 Å². The Kier molecular flexibility index (Phi) is 9.67. The fraction of sp³-hybridized carbons (Fsp3) is 0.941. The maximum Gasteiger partial charge on any atom is 0.407 e. The predicted molar refractivity (Wildman–Crippen MR) is 89.5 cm³/mol. The number of carbonyl (C=O) groups excluding carboxylic acids is 1. The molecule has 126 valence electrons. The molecule has 0 aromatic rings. The summed E-state index contributed by atoms with van der Waals surface area (Å²) in [6, 6.07) is 0. The van der Waals surface area contributed by atoms with Crippen LogP contribution >= 0.6 is 0 Å². The van der Waals surface area contributed by atoms with Crippen LogP contribution in [0, 0.1) is 17.8 Å². The zero-order chi connectivity index (χ0) is 16.5. The largest absolute Gasteiger partial charge is 0.444 e. The van der Waals surface area contributed by atoms with Crippen LogP contribution in [0.25, 0.3) is 0 Å². The first kappa shape index (κ1) is 20.2. The third-order valence-electron chi connectivity index (χ3n) is 3.84. The highest BCUT2D eigenvalue weighted by Gasteiger charge is 2.19. The summed E-state index contributed by atoms with van der Waals surface area (Å²) in [4.78, 5) is 11.7. The van der Waals surface area contributed by atoms with Crippen LogP contribution in [-0.2, 0) is 4.74 Å². The van der Waals surface area contributed by atoms with Gasteiger partial charge in [-0.3, -0.25) is 0 Å². The Hall–Kier alpha value is -0.770. The van der Waals surface area contributed by atoms with Crippen LogP contribution in [0.2, 0.25) is 0 Å². The van der Waals surface area contributed by atoms with E-state index >= 15 is 0 Å². The molecule has 1 unspecified atom stereocenters. The summed E-state index contributed by atoms with van der Waals surface area (Å²) in [5.74, 6) is 1.69. The Bertz CT molecular complexity index is 281. The Morgan fingerprint density at radius 3 is 2.05 bits per heavy atom. The van der Waals surface area contributed by atoms with Crippen molar-refractivity contribution in [3.8, 4) is 0 Å².